The van der Waals surface area contributed by atoms with Gasteiger partial charge >= 0.3 is 0 Å². The fraction of sp³-hybridized carbons (Fsp3) is 0.500. The minimum atomic E-state index is -0.794. The van der Waals surface area contributed by atoms with Crippen LogP contribution in [0.2, 0.25) is 0 Å². The Labute approximate surface area is 251 Å². The number of para-hydroxylation sites is 1. The molecule has 2 aliphatic rings. The highest BCUT2D eigenvalue weighted by Gasteiger charge is 2.43. The molecule has 4 rings (SSSR count). The van der Waals surface area contributed by atoms with Crippen molar-refractivity contribution in [1.29, 1.82) is 21.0 Å². The summed E-state index contributed by atoms with van der Waals surface area (Å²) in [5, 5.41) is 36.7. The normalized spacial score (nSPS) is 17.6. The summed E-state index contributed by atoms with van der Waals surface area (Å²) in [7, 11) is 0. The van der Waals surface area contributed by atoms with E-state index in [0.717, 1.165) is 64.2 Å². The molecule has 0 aliphatic carbocycles. The molecule has 8 heteroatoms. The van der Waals surface area contributed by atoms with Gasteiger partial charge in [-0.25, -0.2) is 0 Å². The number of rotatable bonds is 9. The number of hydrogen-bond donors (Lipinski definition) is 0. The van der Waals surface area contributed by atoms with Crippen molar-refractivity contribution in [1.82, 2.24) is 9.80 Å². The molecule has 1 amide bonds. The molecule has 0 bridgehead atoms. The zero-order valence-corrected chi connectivity index (χ0v) is 24.7. The Balaban J connectivity index is 0.000000235. The second kappa shape index (κ2) is 16.3. The zero-order chi connectivity index (χ0) is 30.3. The first-order valence-electron chi connectivity index (χ1n) is 14.9. The van der Waals surface area contributed by atoms with Crippen molar-refractivity contribution < 1.29 is 4.79 Å². The van der Waals surface area contributed by atoms with E-state index in [0.29, 0.717) is 32.1 Å². The van der Waals surface area contributed by atoms with E-state index in [9.17, 15) is 15.3 Å². The Hall–Kier alpha value is -4.21. The van der Waals surface area contributed by atoms with E-state index in [2.05, 4.69) is 46.2 Å². The molecular formula is C34H41N7O. The number of benzene rings is 2. The van der Waals surface area contributed by atoms with E-state index in [1.54, 1.807) is 4.90 Å². The van der Waals surface area contributed by atoms with Crippen molar-refractivity contribution in [3.8, 4) is 24.3 Å². The van der Waals surface area contributed by atoms with E-state index >= 15 is 0 Å². The minimum absolute atomic E-state index is 0.0248. The van der Waals surface area contributed by atoms with Crippen molar-refractivity contribution in [3.05, 3.63) is 66.2 Å². The van der Waals surface area contributed by atoms with Crippen LogP contribution in [0.15, 0.2) is 60.7 Å². The molecule has 218 valence electrons. The predicted molar refractivity (Wildman–Crippen MR) is 163 cm³/mol. The van der Waals surface area contributed by atoms with Crippen LogP contribution in [-0.2, 0) is 11.2 Å². The molecule has 0 atom stereocenters. The maximum atomic E-state index is 12.5. The zero-order valence-electron chi connectivity index (χ0n) is 24.7. The average molecular weight is 564 g/mol. The van der Waals surface area contributed by atoms with Crippen LogP contribution in [0.1, 0.15) is 57.4 Å². The highest BCUT2D eigenvalue weighted by molar-refractivity contribution is 5.95. The lowest BCUT2D eigenvalue weighted by Crippen LogP contribution is -2.57. The second-order valence-corrected chi connectivity index (χ2v) is 11.1. The van der Waals surface area contributed by atoms with Crippen LogP contribution in [0, 0.1) is 50.7 Å². The van der Waals surface area contributed by atoms with Crippen molar-refractivity contribution in [3.63, 3.8) is 0 Å². The van der Waals surface area contributed by atoms with Gasteiger partial charge in [0, 0.05) is 51.1 Å². The summed E-state index contributed by atoms with van der Waals surface area (Å²) in [6, 6.07) is 29.0. The molecule has 0 saturated carbocycles. The Morgan fingerprint density at radius 1 is 0.762 bits per heavy atom. The van der Waals surface area contributed by atoms with Crippen molar-refractivity contribution in [2.24, 2.45) is 5.41 Å². The first kappa shape index (κ1) is 32.3. The fourth-order valence-electron chi connectivity index (χ4n) is 5.83. The molecule has 42 heavy (non-hydrogen) atoms. The van der Waals surface area contributed by atoms with Gasteiger partial charge in [-0.2, -0.15) is 21.0 Å². The third-order valence-corrected chi connectivity index (χ3v) is 8.40. The number of amides is 1. The van der Waals surface area contributed by atoms with E-state index in [1.165, 1.54) is 5.56 Å². The first-order chi connectivity index (χ1) is 20.4. The van der Waals surface area contributed by atoms with Crippen LogP contribution >= 0.6 is 0 Å². The third kappa shape index (κ3) is 8.64. The topological polar surface area (TPSA) is 122 Å². The van der Waals surface area contributed by atoms with Gasteiger partial charge in [0.05, 0.1) is 29.7 Å². The van der Waals surface area contributed by atoms with Crippen LogP contribution in [0.4, 0.5) is 5.69 Å². The molecule has 2 saturated heterocycles. The van der Waals surface area contributed by atoms with Crippen molar-refractivity contribution >= 4 is 11.6 Å². The average Bonchev–Trinajstić information content (AvgIpc) is 3.05. The van der Waals surface area contributed by atoms with Gasteiger partial charge < -0.3 is 9.80 Å². The second-order valence-electron chi connectivity index (χ2n) is 11.1. The van der Waals surface area contributed by atoms with Crippen LogP contribution in [0.25, 0.3) is 0 Å². The molecule has 2 aromatic rings. The molecule has 2 aromatic carbocycles. The van der Waals surface area contributed by atoms with Crippen LogP contribution < -0.4 is 4.90 Å². The van der Waals surface area contributed by atoms with E-state index in [4.69, 9.17) is 10.5 Å². The number of nitrogens with zero attached hydrogens (tertiary/aromatic N) is 7. The van der Waals surface area contributed by atoms with E-state index in [1.807, 2.05) is 55.5 Å². The Morgan fingerprint density at radius 3 is 1.71 bits per heavy atom. The quantitative estimate of drug-likeness (QED) is 0.398. The highest BCUT2D eigenvalue weighted by Crippen LogP contribution is 2.35. The molecule has 2 aliphatic heterocycles. The Kier molecular flexibility index (Phi) is 12.5. The number of carbonyl (C=O) groups is 1. The van der Waals surface area contributed by atoms with Crippen LogP contribution in [0.3, 0.4) is 0 Å². The Morgan fingerprint density at radius 2 is 1.26 bits per heavy atom. The maximum absolute atomic E-state index is 12.5. The number of anilines is 1. The molecule has 2 heterocycles. The Bertz CT molecular complexity index is 1280. The molecule has 8 nitrogen and oxygen atoms in total. The monoisotopic (exact) mass is 563 g/mol. The van der Waals surface area contributed by atoms with Crippen molar-refractivity contribution in [2.75, 3.05) is 44.2 Å². The van der Waals surface area contributed by atoms with E-state index in [-0.39, 0.29) is 11.3 Å². The molecule has 0 N–H and O–H groups in total. The van der Waals surface area contributed by atoms with Gasteiger partial charge in [-0.05, 0) is 62.9 Å². The smallest absolute Gasteiger partial charge is 0.228 e. The number of nitriles is 4. The van der Waals surface area contributed by atoms with Gasteiger partial charge in [-0.3, -0.25) is 9.69 Å². The number of likely N-dealkylation sites (tertiary alicyclic amines) is 2. The van der Waals surface area contributed by atoms with Gasteiger partial charge in [0.15, 0.2) is 0 Å². The molecular weight excluding hydrogens is 522 g/mol. The lowest BCUT2D eigenvalue weighted by molar-refractivity contribution is -0.119. The van der Waals surface area contributed by atoms with Gasteiger partial charge in [-0.1, -0.05) is 55.5 Å². The predicted octanol–water partition coefficient (Wildman–Crippen LogP) is 5.45. The summed E-state index contributed by atoms with van der Waals surface area (Å²) in [5.74, 6) is -0.0248. The lowest BCUT2D eigenvalue weighted by atomic mass is 9.75. The summed E-state index contributed by atoms with van der Waals surface area (Å²) >= 11 is 0. The van der Waals surface area contributed by atoms with Crippen LogP contribution in [0.5, 0.6) is 0 Å². The van der Waals surface area contributed by atoms with Crippen LogP contribution in [-0.4, -0.2) is 60.5 Å². The molecule has 0 aromatic heterocycles. The van der Waals surface area contributed by atoms with Gasteiger partial charge in [0.1, 0.15) is 5.54 Å². The highest BCUT2D eigenvalue weighted by atomic mass is 16.2. The summed E-state index contributed by atoms with van der Waals surface area (Å²) in [6.45, 7) is 6.72. The number of hydrogen-bond acceptors (Lipinski definition) is 7. The summed E-state index contributed by atoms with van der Waals surface area (Å²) < 4.78 is 0. The minimum Gasteiger partial charge on any atom is -0.302 e. The van der Waals surface area contributed by atoms with Gasteiger partial charge in [0.2, 0.25) is 5.91 Å². The third-order valence-electron chi connectivity index (χ3n) is 8.40. The lowest BCUT2D eigenvalue weighted by Gasteiger charge is -2.44. The summed E-state index contributed by atoms with van der Waals surface area (Å²) in [5.41, 5.74) is 1.02. The van der Waals surface area contributed by atoms with Gasteiger partial charge in [0.25, 0.3) is 0 Å². The molecule has 2 fully saturated rings. The molecule has 0 spiro atoms. The summed E-state index contributed by atoms with van der Waals surface area (Å²) in [4.78, 5) is 18.7. The number of carbonyl (C=O) groups excluding carboxylic acids is 1. The largest absolute Gasteiger partial charge is 0.302 e. The molecule has 0 radical (unpaired) electrons. The molecule has 0 unspecified atom stereocenters. The number of piperidine rings is 2. The first-order valence-corrected chi connectivity index (χ1v) is 14.9. The SMILES string of the molecule is CCC(=O)N(c1ccccc1)C1(C#N)CCN(CCC#N)CC1.N#CCCN1CCC(C#N)(Cc2ccccc2)CC1. The maximum Gasteiger partial charge on any atom is 0.228 e. The van der Waals surface area contributed by atoms with Gasteiger partial charge in [-0.15, -0.1) is 0 Å². The van der Waals surface area contributed by atoms with E-state index < -0.39 is 5.54 Å². The fourth-order valence-corrected chi connectivity index (χ4v) is 5.83. The summed E-state index contributed by atoms with van der Waals surface area (Å²) in [6.07, 6.45) is 5.32. The standard InChI is InChI=1S/C18H22N4O.C16H19N3/c1-2-17(23)22(16-7-4-3-5-8-16)18(15-20)9-13-21(14-10-18)12-6-11-19;17-9-4-10-19-11-7-16(14-18,8-12-19)13-15-5-2-1-3-6-15/h3-5,7-8H,2,6,9-10,12-14H2,1H3;1-3,5-6H,4,7-8,10-13H2. The van der Waals surface area contributed by atoms with Crippen molar-refractivity contribution in [2.45, 2.75) is 63.8 Å².